The molecule has 1 unspecified atom stereocenters. The Morgan fingerprint density at radius 2 is 1.83 bits per heavy atom. The third kappa shape index (κ3) is 4.35. The molecule has 0 spiro atoms. The maximum Gasteiger partial charge on any atom is 0.0488 e. The lowest BCUT2D eigenvalue weighted by Gasteiger charge is -2.15. The van der Waals surface area contributed by atoms with E-state index in [0.717, 1.165) is 18.5 Å². The van der Waals surface area contributed by atoms with Crippen molar-refractivity contribution in [1.82, 2.24) is 5.32 Å². The van der Waals surface area contributed by atoms with Gasteiger partial charge in [-0.1, -0.05) is 49.9 Å². The minimum absolute atomic E-state index is 0.669. The van der Waals surface area contributed by atoms with Gasteiger partial charge in [0.2, 0.25) is 0 Å². The van der Waals surface area contributed by atoms with Gasteiger partial charge in [0.25, 0.3) is 0 Å². The number of benzene rings is 2. The Morgan fingerprint density at radius 1 is 1.17 bits per heavy atom. The highest BCUT2D eigenvalue weighted by atomic mass is 31.0. The van der Waals surface area contributed by atoms with E-state index in [2.05, 4.69) is 77.4 Å². The van der Waals surface area contributed by atoms with Gasteiger partial charge in [-0.2, -0.15) is 0 Å². The van der Waals surface area contributed by atoms with Crippen LogP contribution in [0.15, 0.2) is 55.2 Å². The van der Waals surface area contributed by atoms with Crippen LogP contribution < -0.4 is 16.4 Å². The second-order valence-electron chi connectivity index (χ2n) is 5.85. The Morgan fingerprint density at radius 3 is 2.38 bits per heavy atom. The largest absolute Gasteiger partial charge is 0.362 e. The highest BCUT2D eigenvalue weighted by molar-refractivity contribution is 7.27. The molecule has 0 aliphatic carbocycles. The lowest BCUT2D eigenvalue weighted by Crippen LogP contribution is -2.11. The summed E-state index contributed by atoms with van der Waals surface area (Å²) in [6, 6.07) is 15.2. The van der Waals surface area contributed by atoms with Gasteiger partial charge in [0.1, 0.15) is 0 Å². The maximum absolute atomic E-state index is 5.68. The average molecular weight is 338 g/mol. The molecular formula is C21H27N2P. The van der Waals surface area contributed by atoms with Crippen molar-refractivity contribution in [3.8, 4) is 0 Å². The van der Waals surface area contributed by atoms with Crippen LogP contribution in [0.25, 0.3) is 11.3 Å². The van der Waals surface area contributed by atoms with Gasteiger partial charge >= 0.3 is 0 Å². The number of nitrogens with two attached hydrogens (primary N) is 1. The van der Waals surface area contributed by atoms with Gasteiger partial charge in [0, 0.05) is 5.70 Å². The van der Waals surface area contributed by atoms with Gasteiger partial charge in [0.05, 0.1) is 0 Å². The number of allylic oxidation sites excluding steroid dienone is 1. The van der Waals surface area contributed by atoms with Gasteiger partial charge in [-0.05, 0) is 71.7 Å². The average Bonchev–Trinajstić information content (AvgIpc) is 2.61. The smallest absolute Gasteiger partial charge is 0.0488 e. The third-order valence-corrected chi connectivity index (χ3v) is 4.80. The SMILES string of the molecule is C=CN/C(=C(\C)c1ccc(CCN)c(P)c1)c1ccc(CC)cc1. The predicted molar refractivity (Wildman–Crippen MR) is 110 cm³/mol. The Kier molecular flexibility index (Phi) is 6.78. The predicted octanol–water partition coefficient (Wildman–Crippen LogP) is 3.87. The van der Waals surface area contributed by atoms with Crippen molar-refractivity contribution in [2.75, 3.05) is 6.54 Å². The molecule has 2 rings (SSSR count). The molecule has 0 aromatic heterocycles. The summed E-state index contributed by atoms with van der Waals surface area (Å²) in [4.78, 5) is 0. The van der Waals surface area contributed by atoms with E-state index in [0.29, 0.717) is 6.54 Å². The topological polar surface area (TPSA) is 38.0 Å². The lowest BCUT2D eigenvalue weighted by molar-refractivity contribution is 0.975. The summed E-state index contributed by atoms with van der Waals surface area (Å²) < 4.78 is 0. The highest BCUT2D eigenvalue weighted by Gasteiger charge is 2.09. The molecule has 0 heterocycles. The molecule has 2 aromatic rings. The fourth-order valence-corrected chi connectivity index (χ4v) is 3.19. The van der Waals surface area contributed by atoms with E-state index < -0.39 is 0 Å². The van der Waals surface area contributed by atoms with Gasteiger partial charge in [-0.3, -0.25) is 0 Å². The summed E-state index contributed by atoms with van der Waals surface area (Å²) in [5, 5.41) is 4.52. The maximum atomic E-state index is 5.68. The number of hydrogen-bond acceptors (Lipinski definition) is 2. The molecule has 126 valence electrons. The van der Waals surface area contributed by atoms with Crippen molar-refractivity contribution in [3.05, 3.63) is 77.5 Å². The molecule has 2 nitrogen and oxygen atoms in total. The number of nitrogens with one attached hydrogen (secondary N) is 1. The van der Waals surface area contributed by atoms with E-state index in [4.69, 9.17) is 5.73 Å². The second-order valence-corrected chi connectivity index (χ2v) is 6.47. The van der Waals surface area contributed by atoms with Crippen molar-refractivity contribution < 1.29 is 0 Å². The Hall–Kier alpha value is -1.89. The van der Waals surface area contributed by atoms with Crippen molar-refractivity contribution in [2.45, 2.75) is 26.7 Å². The van der Waals surface area contributed by atoms with Crippen molar-refractivity contribution in [3.63, 3.8) is 0 Å². The van der Waals surface area contributed by atoms with Crippen LogP contribution in [-0.4, -0.2) is 6.54 Å². The van der Waals surface area contributed by atoms with E-state index in [1.807, 2.05) is 0 Å². The van der Waals surface area contributed by atoms with Crippen LogP contribution in [0.5, 0.6) is 0 Å². The summed E-state index contributed by atoms with van der Waals surface area (Å²) in [5.41, 5.74) is 12.9. The molecule has 0 aliphatic heterocycles. The first kappa shape index (κ1) is 18.4. The molecule has 0 radical (unpaired) electrons. The summed E-state index contributed by atoms with van der Waals surface area (Å²) in [6.45, 7) is 8.81. The Labute approximate surface area is 148 Å². The molecule has 3 heteroatoms. The zero-order valence-electron chi connectivity index (χ0n) is 14.6. The van der Waals surface area contributed by atoms with Crippen LogP contribution in [0.2, 0.25) is 0 Å². The number of hydrogen-bond donors (Lipinski definition) is 2. The summed E-state index contributed by atoms with van der Waals surface area (Å²) in [7, 11) is 2.82. The Balaban J connectivity index is 2.45. The monoisotopic (exact) mass is 338 g/mol. The molecule has 0 saturated heterocycles. The van der Waals surface area contributed by atoms with Gasteiger partial charge in [0.15, 0.2) is 0 Å². The van der Waals surface area contributed by atoms with Crippen molar-refractivity contribution in [1.29, 1.82) is 0 Å². The van der Waals surface area contributed by atoms with Gasteiger partial charge in [-0.15, -0.1) is 9.24 Å². The van der Waals surface area contributed by atoms with Gasteiger partial charge < -0.3 is 11.1 Å². The van der Waals surface area contributed by atoms with Crippen LogP contribution in [0.4, 0.5) is 0 Å². The van der Waals surface area contributed by atoms with Crippen molar-refractivity contribution >= 4 is 25.8 Å². The molecule has 24 heavy (non-hydrogen) atoms. The second kappa shape index (κ2) is 8.82. The van der Waals surface area contributed by atoms with Crippen LogP contribution in [0.3, 0.4) is 0 Å². The molecule has 0 fully saturated rings. The Bertz CT molecular complexity index is 730. The van der Waals surface area contributed by atoms with Crippen LogP contribution in [-0.2, 0) is 12.8 Å². The van der Waals surface area contributed by atoms with Crippen LogP contribution in [0, 0.1) is 0 Å². The highest BCUT2D eigenvalue weighted by Crippen LogP contribution is 2.25. The molecule has 0 aliphatic rings. The molecule has 2 aromatic carbocycles. The van der Waals surface area contributed by atoms with Crippen LogP contribution in [0.1, 0.15) is 36.1 Å². The normalized spacial score (nSPS) is 11.8. The minimum Gasteiger partial charge on any atom is -0.362 e. The van der Waals surface area contributed by atoms with E-state index in [9.17, 15) is 0 Å². The molecule has 1 atom stereocenters. The fourth-order valence-electron chi connectivity index (χ4n) is 2.77. The molecule has 0 saturated carbocycles. The summed E-state index contributed by atoms with van der Waals surface area (Å²) in [6.07, 6.45) is 3.68. The molecule has 0 amide bonds. The van der Waals surface area contributed by atoms with Crippen LogP contribution >= 0.6 is 9.24 Å². The fraction of sp³-hybridized carbons (Fsp3) is 0.238. The summed E-state index contributed by atoms with van der Waals surface area (Å²) in [5.74, 6) is 0. The summed E-state index contributed by atoms with van der Waals surface area (Å²) >= 11 is 0. The number of rotatable bonds is 7. The quantitative estimate of drug-likeness (QED) is 0.594. The lowest BCUT2D eigenvalue weighted by atomic mass is 9.98. The minimum atomic E-state index is 0.669. The van der Waals surface area contributed by atoms with Crippen molar-refractivity contribution in [2.24, 2.45) is 5.73 Å². The molecule has 3 N–H and O–H groups in total. The first-order chi connectivity index (χ1) is 11.6. The zero-order chi connectivity index (χ0) is 17.5. The first-order valence-corrected chi connectivity index (χ1v) is 8.94. The van der Waals surface area contributed by atoms with E-state index in [-0.39, 0.29) is 0 Å². The first-order valence-electron chi connectivity index (χ1n) is 8.37. The molecular weight excluding hydrogens is 311 g/mol. The third-order valence-electron chi connectivity index (χ3n) is 4.26. The standard InChI is InChI=1S/C21H27N2P/c1-4-16-6-8-18(9-7-16)21(23-5-2)15(3)19-11-10-17(12-13-22)20(24)14-19/h5-11,14,23H,2,4,12-13,22,24H2,1,3H3/b21-15+. The molecule has 0 bridgehead atoms. The van der Waals surface area contributed by atoms with Gasteiger partial charge in [-0.25, -0.2) is 0 Å². The number of aryl methyl sites for hydroxylation is 1. The van der Waals surface area contributed by atoms with E-state index in [1.165, 1.54) is 33.1 Å². The zero-order valence-corrected chi connectivity index (χ0v) is 15.8. The van der Waals surface area contributed by atoms with E-state index >= 15 is 0 Å². The van der Waals surface area contributed by atoms with E-state index in [1.54, 1.807) is 6.20 Å².